The molecule has 1 amide bonds. The minimum absolute atomic E-state index is 0.00728. The molecule has 0 heterocycles. The van der Waals surface area contributed by atoms with Crippen LogP contribution in [0.2, 0.25) is 0 Å². The van der Waals surface area contributed by atoms with E-state index in [1.54, 1.807) is 6.08 Å². The number of amides is 1. The van der Waals surface area contributed by atoms with Crippen molar-refractivity contribution < 1.29 is 24.5 Å². The van der Waals surface area contributed by atoms with E-state index in [-0.39, 0.29) is 18.5 Å². The van der Waals surface area contributed by atoms with E-state index in [1.165, 1.54) is 385 Å². The fourth-order valence-corrected chi connectivity index (χ4v) is 13.2. The van der Waals surface area contributed by atoms with E-state index in [1.807, 2.05) is 6.08 Å². The van der Waals surface area contributed by atoms with Crippen LogP contribution < -0.4 is 5.32 Å². The van der Waals surface area contributed by atoms with Crippen molar-refractivity contribution in [1.82, 2.24) is 5.32 Å². The van der Waals surface area contributed by atoms with E-state index >= 15 is 0 Å². The molecule has 0 aliphatic carbocycles. The van der Waals surface area contributed by atoms with E-state index in [4.69, 9.17) is 4.74 Å². The molecule has 542 valence electrons. The van der Waals surface area contributed by atoms with Gasteiger partial charge in [-0.3, -0.25) is 9.59 Å². The summed E-state index contributed by atoms with van der Waals surface area (Å²) in [6.07, 6.45) is 108. The Labute approximate surface area is 576 Å². The maximum atomic E-state index is 12.6. The molecule has 0 aliphatic heterocycles. The largest absolute Gasteiger partial charge is 0.466 e. The molecule has 0 aromatic carbocycles. The normalized spacial score (nSPS) is 12.7. The molecule has 0 spiro atoms. The van der Waals surface area contributed by atoms with Crippen LogP contribution in [0.25, 0.3) is 0 Å². The zero-order chi connectivity index (χ0) is 66.3. The smallest absolute Gasteiger partial charge is 0.305 e. The zero-order valence-corrected chi connectivity index (χ0v) is 62.3. The second kappa shape index (κ2) is 81.2. The molecular weight excluding hydrogens is 1130 g/mol. The van der Waals surface area contributed by atoms with Gasteiger partial charge in [-0.05, 0) is 83.5 Å². The first-order valence-corrected chi connectivity index (χ1v) is 41.9. The molecule has 0 rings (SSSR count). The van der Waals surface area contributed by atoms with Crippen LogP contribution in [0.4, 0.5) is 0 Å². The van der Waals surface area contributed by atoms with Gasteiger partial charge in [0.1, 0.15) is 0 Å². The minimum Gasteiger partial charge on any atom is -0.466 e. The van der Waals surface area contributed by atoms with Gasteiger partial charge in [-0.1, -0.05) is 416 Å². The van der Waals surface area contributed by atoms with Gasteiger partial charge in [0.05, 0.1) is 25.4 Å². The number of hydrogen-bond acceptors (Lipinski definition) is 5. The molecule has 0 saturated heterocycles. The average molecular weight is 1290 g/mol. The summed E-state index contributed by atoms with van der Waals surface area (Å²) in [7, 11) is 0. The van der Waals surface area contributed by atoms with Crippen LogP contribution in [0.5, 0.6) is 0 Å². The second-order valence-corrected chi connectivity index (χ2v) is 28.8. The lowest BCUT2D eigenvalue weighted by Gasteiger charge is -2.20. The Morgan fingerprint density at radius 2 is 0.565 bits per heavy atom. The Bertz CT molecular complexity index is 1540. The number of hydrogen-bond donors (Lipinski definition) is 3. The van der Waals surface area contributed by atoms with E-state index < -0.39 is 12.1 Å². The van der Waals surface area contributed by atoms with Crippen molar-refractivity contribution in [2.24, 2.45) is 0 Å². The molecule has 2 unspecified atom stereocenters. The van der Waals surface area contributed by atoms with Gasteiger partial charge in [-0.25, -0.2) is 0 Å². The predicted octanol–water partition coefficient (Wildman–Crippen LogP) is 27.9. The SMILES string of the molecule is CCC/C=C\C/C=C\CCCCCCCC(=O)OCCCCCCCCCCCCCCCCCCCC/C=C\CCCCCCCCCCCCCCCCCCCC(=O)NC(CO)C(O)/C=C/CCCCCCCCCCCCCCCCCCCCCCC. The average Bonchev–Trinajstić information content (AvgIpc) is 3.48. The molecule has 0 fully saturated rings. The first kappa shape index (κ1) is 89.8. The van der Waals surface area contributed by atoms with E-state index in [2.05, 4.69) is 55.6 Å². The van der Waals surface area contributed by atoms with Crippen LogP contribution in [0.1, 0.15) is 463 Å². The number of esters is 1. The summed E-state index contributed by atoms with van der Waals surface area (Å²) < 4.78 is 5.48. The fourth-order valence-electron chi connectivity index (χ4n) is 13.2. The lowest BCUT2D eigenvalue weighted by Crippen LogP contribution is -2.45. The highest BCUT2D eigenvalue weighted by molar-refractivity contribution is 5.76. The second-order valence-electron chi connectivity index (χ2n) is 28.8. The third-order valence-electron chi connectivity index (χ3n) is 19.5. The highest BCUT2D eigenvalue weighted by atomic mass is 16.5. The summed E-state index contributed by atoms with van der Waals surface area (Å²) in [5, 5.41) is 23.3. The summed E-state index contributed by atoms with van der Waals surface area (Å²) in [6.45, 7) is 4.88. The topological polar surface area (TPSA) is 95.9 Å². The lowest BCUT2D eigenvalue weighted by atomic mass is 10.0. The molecular formula is C86H163NO5. The number of carbonyl (C=O) groups is 2. The highest BCUT2D eigenvalue weighted by Crippen LogP contribution is 2.20. The quantitative estimate of drug-likeness (QED) is 0.0320. The Morgan fingerprint density at radius 3 is 0.880 bits per heavy atom. The molecule has 0 aromatic rings. The van der Waals surface area contributed by atoms with Crippen molar-refractivity contribution in [2.45, 2.75) is 475 Å². The maximum absolute atomic E-state index is 12.6. The number of nitrogens with one attached hydrogen (secondary N) is 1. The summed E-state index contributed by atoms with van der Waals surface area (Å²) in [4.78, 5) is 24.6. The first-order valence-electron chi connectivity index (χ1n) is 41.9. The van der Waals surface area contributed by atoms with E-state index in [0.29, 0.717) is 19.4 Å². The predicted molar refractivity (Wildman–Crippen MR) is 407 cm³/mol. The third-order valence-corrected chi connectivity index (χ3v) is 19.5. The van der Waals surface area contributed by atoms with Gasteiger partial charge >= 0.3 is 5.97 Å². The van der Waals surface area contributed by atoms with Crippen molar-refractivity contribution in [3.8, 4) is 0 Å². The Balaban J connectivity index is 3.35. The standard InChI is InChI=1S/C86H163NO5/c1-3-5-7-9-11-13-15-17-18-19-20-21-39-42-45-48-51-55-58-62-66-70-74-78-84(89)83(82-88)87-85(90)79-75-71-67-63-59-56-52-49-46-43-40-37-35-33-31-29-27-25-23-22-24-26-28-30-32-34-36-38-41-44-47-50-53-57-61-65-69-73-77-81-92-86(91)80-76-72-68-64-60-54-16-14-12-10-8-6-4-2/h8,10,14,16,22-23,74,78,83-84,88-89H,3-7,9,11-13,15,17-21,24-73,75-77,79-82H2,1-2H3,(H,87,90)/b10-8-,16-14-,23-22-,78-74+. The van der Waals surface area contributed by atoms with E-state index in [0.717, 1.165) is 51.4 Å². The number of rotatable bonds is 79. The fraction of sp³-hybridized carbons (Fsp3) is 0.884. The maximum Gasteiger partial charge on any atom is 0.305 e. The Kier molecular flexibility index (Phi) is 79.3. The monoisotopic (exact) mass is 1290 g/mol. The molecule has 3 N–H and O–H groups in total. The number of aliphatic hydroxyl groups excluding tert-OH is 2. The number of aliphatic hydroxyl groups is 2. The molecule has 92 heavy (non-hydrogen) atoms. The molecule has 0 aromatic heterocycles. The van der Waals surface area contributed by atoms with Crippen LogP contribution >= 0.6 is 0 Å². The summed E-state index contributed by atoms with van der Waals surface area (Å²) in [5.74, 6) is -0.0515. The van der Waals surface area contributed by atoms with Crippen molar-refractivity contribution in [1.29, 1.82) is 0 Å². The van der Waals surface area contributed by atoms with Crippen molar-refractivity contribution in [3.63, 3.8) is 0 Å². The first-order chi connectivity index (χ1) is 45.5. The minimum atomic E-state index is -0.843. The van der Waals surface area contributed by atoms with Gasteiger partial charge in [0.25, 0.3) is 0 Å². The Hall–Kier alpha value is -2.18. The van der Waals surface area contributed by atoms with Crippen LogP contribution in [0, 0.1) is 0 Å². The van der Waals surface area contributed by atoms with Gasteiger partial charge in [0, 0.05) is 12.8 Å². The van der Waals surface area contributed by atoms with Crippen LogP contribution in [-0.2, 0) is 14.3 Å². The van der Waals surface area contributed by atoms with Gasteiger partial charge in [0.15, 0.2) is 0 Å². The molecule has 6 heteroatoms. The number of carbonyl (C=O) groups excluding carboxylic acids is 2. The van der Waals surface area contributed by atoms with Crippen molar-refractivity contribution >= 4 is 11.9 Å². The zero-order valence-electron chi connectivity index (χ0n) is 62.3. The summed E-state index contributed by atoms with van der Waals surface area (Å²) in [6, 6.07) is -0.626. The van der Waals surface area contributed by atoms with Gasteiger partial charge in [0.2, 0.25) is 5.91 Å². The van der Waals surface area contributed by atoms with Gasteiger partial charge in [-0.15, -0.1) is 0 Å². The number of allylic oxidation sites excluding steroid dienone is 7. The van der Waals surface area contributed by atoms with Gasteiger partial charge in [-0.2, -0.15) is 0 Å². The van der Waals surface area contributed by atoms with Crippen LogP contribution in [0.3, 0.4) is 0 Å². The molecule has 2 atom stereocenters. The van der Waals surface area contributed by atoms with E-state index in [9.17, 15) is 19.8 Å². The van der Waals surface area contributed by atoms with Crippen LogP contribution in [-0.4, -0.2) is 47.4 Å². The molecule has 0 radical (unpaired) electrons. The molecule has 6 nitrogen and oxygen atoms in total. The van der Waals surface area contributed by atoms with Gasteiger partial charge < -0.3 is 20.3 Å². The van der Waals surface area contributed by atoms with Crippen LogP contribution in [0.15, 0.2) is 48.6 Å². The highest BCUT2D eigenvalue weighted by Gasteiger charge is 2.18. The third kappa shape index (κ3) is 76.8. The molecule has 0 bridgehead atoms. The lowest BCUT2D eigenvalue weighted by molar-refractivity contribution is -0.143. The number of unbranched alkanes of at least 4 members (excludes halogenated alkanes) is 62. The number of ether oxygens (including phenoxy) is 1. The molecule has 0 aliphatic rings. The summed E-state index contributed by atoms with van der Waals surface area (Å²) >= 11 is 0. The van der Waals surface area contributed by atoms with Crippen molar-refractivity contribution in [2.75, 3.05) is 13.2 Å². The molecule has 0 saturated carbocycles. The summed E-state index contributed by atoms with van der Waals surface area (Å²) in [5.41, 5.74) is 0. The Morgan fingerprint density at radius 1 is 0.304 bits per heavy atom. The van der Waals surface area contributed by atoms with Crippen molar-refractivity contribution in [3.05, 3.63) is 48.6 Å².